The molecule has 2 heterocycles. The van der Waals surface area contributed by atoms with Crippen molar-refractivity contribution in [1.29, 1.82) is 0 Å². The smallest absolute Gasteiger partial charge is 0.308 e. The van der Waals surface area contributed by atoms with Crippen molar-refractivity contribution in [2.24, 2.45) is 5.92 Å². The first kappa shape index (κ1) is 17.1. The molecule has 0 unspecified atom stereocenters. The van der Waals surface area contributed by atoms with Crippen LogP contribution in [-0.4, -0.2) is 44.8 Å². The van der Waals surface area contributed by atoms with E-state index in [1.54, 1.807) is 23.0 Å². The fourth-order valence-corrected chi connectivity index (χ4v) is 3.18. The van der Waals surface area contributed by atoms with Crippen molar-refractivity contribution in [2.75, 3.05) is 13.1 Å². The predicted molar refractivity (Wildman–Crippen MR) is 88.8 cm³/mol. The second kappa shape index (κ2) is 6.66. The van der Waals surface area contributed by atoms with E-state index in [4.69, 9.17) is 0 Å². The van der Waals surface area contributed by atoms with Crippen LogP contribution in [-0.2, 0) is 4.79 Å². The number of hydrogen-bond donors (Lipinski definition) is 1. The summed E-state index contributed by atoms with van der Waals surface area (Å²) in [7, 11) is 0. The minimum Gasteiger partial charge on any atom is -0.481 e. The maximum absolute atomic E-state index is 13.1. The first-order chi connectivity index (χ1) is 11.9. The van der Waals surface area contributed by atoms with Crippen LogP contribution in [0.1, 0.15) is 41.7 Å². The highest BCUT2D eigenvalue weighted by atomic mass is 19.1. The first-order valence-electron chi connectivity index (χ1n) is 8.18. The zero-order valence-electron chi connectivity index (χ0n) is 14.1. The van der Waals surface area contributed by atoms with Crippen molar-refractivity contribution >= 4 is 11.9 Å². The Kier molecular flexibility index (Phi) is 4.57. The number of benzene rings is 1. The Labute approximate surface area is 144 Å². The Hall–Kier alpha value is -2.70. The molecule has 1 amide bonds. The van der Waals surface area contributed by atoms with Gasteiger partial charge in [-0.1, -0.05) is 12.1 Å². The van der Waals surface area contributed by atoms with Crippen molar-refractivity contribution in [3.8, 4) is 0 Å². The van der Waals surface area contributed by atoms with Crippen LogP contribution < -0.4 is 0 Å². The zero-order chi connectivity index (χ0) is 18.1. The lowest BCUT2D eigenvalue weighted by Crippen LogP contribution is -2.29. The summed E-state index contributed by atoms with van der Waals surface area (Å²) in [6.45, 7) is 4.33. The number of aliphatic carboxylic acids is 1. The lowest BCUT2D eigenvalue weighted by atomic mass is 9.89. The maximum Gasteiger partial charge on any atom is 0.308 e. The van der Waals surface area contributed by atoms with Crippen molar-refractivity contribution in [3.63, 3.8) is 0 Å². The van der Waals surface area contributed by atoms with Gasteiger partial charge in [-0.05, 0) is 31.5 Å². The molecule has 2 aromatic rings. The Morgan fingerprint density at radius 3 is 2.48 bits per heavy atom. The molecule has 1 saturated heterocycles. The topological polar surface area (TPSA) is 75.4 Å². The van der Waals surface area contributed by atoms with Crippen molar-refractivity contribution in [3.05, 3.63) is 53.6 Å². The van der Waals surface area contributed by atoms with Gasteiger partial charge in [-0.25, -0.2) is 4.39 Å². The maximum atomic E-state index is 13.1. The van der Waals surface area contributed by atoms with E-state index < -0.39 is 11.9 Å². The molecule has 0 aliphatic carbocycles. The Bertz CT molecular complexity index is 785. The van der Waals surface area contributed by atoms with Gasteiger partial charge in [0, 0.05) is 31.2 Å². The fraction of sp³-hybridized carbons (Fsp3) is 0.389. The molecule has 1 fully saturated rings. The lowest BCUT2D eigenvalue weighted by molar-refractivity contribution is -0.141. The normalized spacial score (nSPS) is 20.2. The largest absolute Gasteiger partial charge is 0.481 e. The number of carboxylic acid groups (broad SMARTS) is 1. The van der Waals surface area contributed by atoms with E-state index in [0.717, 1.165) is 5.56 Å². The third-order valence-electron chi connectivity index (χ3n) is 4.60. The van der Waals surface area contributed by atoms with E-state index in [2.05, 4.69) is 5.10 Å². The molecule has 1 N–H and O–H groups in total. The molecule has 1 aliphatic heterocycles. The van der Waals surface area contributed by atoms with Crippen LogP contribution in [0.25, 0.3) is 0 Å². The number of halogens is 1. The van der Waals surface area contributed by atoms with Crippen molar-refractivity contribution < 1.29 is 19.1 Å². The van der Waals surface area contributed by atoms with E-state index in [1.165, 1.54) is 23.2 Å². The molecule has 0 spiro atoms. The molecule has 1 aromatic carbocycles. The van der Waals surface area contributed by atoms with Gasteiger partial charge in [-0.15, -0.1) is 0 Å². The Balaban J connectivity index is 1.82. The molecular weight excluding hydrogens is 325 g/mol. The number of carbonyl (C=O) groups is 2. The number of amides is 1. The van der Waals surface area contributed by atoms with Gasteiger partial charge in [0.2, 0.25) is 0 Å². The van der Waals surface area contributed by atoms with E-state index in [0.29, 0.717) is 5.56 Å². The monoisotopic (exact) mass is 345 g/mol. The van der Waals surface area contributed by atoms with Crippen molar-refractivity contribution in [1.82, 2.24) is 14.7 Å². The average Bonchev–Trinajstić information content (AvgIpc) is 3.22. The SMILES string of the molecule is CC(C)n1cc(C(=O)N2C[C@H](C(=O)O)[C@@H](c3ccc(F)cc3)C2)cn1. The highest BCUT2D eigenvalue weighted by Gasteiger charge is 2.40. The molecule has 2 atom stereocenters. The highest BCUT2D eigenvalue weighted by molar-refractivity contribution is 5.94. The number of nitrogens with zero attached hydrogens (tertiary/aromatic N) is 3. The van der Waals surface area contributed by atoms with Gasteiger partial charge in [0.05, 0.1) is 17.7 Å². The summed E-state index contributed by atoms with van der Waals surface area (Å²) >= 11 is 0. The molecule has 132 valence electrons. The summed E-state index contributed by atoms with van der Waals surface area (Å²) in [6, 6.07) is 5.93. The number of likely N-dealkylation sites (tertiary alicyclic amines) is 1. The van der Waals surface area contributed by atoms with Crippen LogP contribution in [0.4, 0.5) is 4.39 Å². The molecule has 0 bridgehead atoms. The zero-order valence-corrected chi connectivity index (χ0v) is 14.1. The minimum atomic E-state index is -0.956. The Morgan fingerprint density at radius 1 is 1.24 bits per heavy atom. The highest BCUT2D eigenvalue weighted by Crippen LogP contribution is 2.33. The first-order valence-corrected chi connectivity index (χ1v) is 8.18. The molecule has 0 radical (unpaired) electrons. The minimum absolute atomic E-state index is 0.128. The molecule has 0 saturated carbocycles. The third-order valence-corrected chi connectivity index (χ3v) is 4.60. The molecule has 6 nitrogen and oxygen atoms in total. The molecular formula is C18H20FN3O3. The number of rotatable bonds is 4. The molecule has 1 aromatic heterocycles. The summed E-state index contributed by atoms with van der Waals surface area (Å²) in [5.41, 5.74) is 1.17. The van der Waals surface area contributed by atoms with E-state index in [1.807, 2.05) is 13.8 Å². The molecule has 3 rings (SSSR count). The molecule has 7 heteroatoms. The van der Waals surface area contributed by atoms with Crippen LogP contribution in [0.5, 0.6) is 0 Å². The van der Waals surface area contributed by atoms with Crippen LogP contribution in [0.2, 0.25) is 0 Å². The number of carbonyl (C=O) groups excluding carboxylic acids is 1. The van der Waals surface area contributed by atoms with Crippen LogP contribution in [0.15, 0.2) is 36.7 Å². The summed E-state index contributed by atoms with van der Waals surface area (Å²) in [6.07, 6.45) is 3.18. The second-order valence-corrected chi connectivity index (χ2v) is 6.62. The fourth-order valence-electron chi connectivity index (χ4n) is 3.18. The van der Waals surface area contributed by atoms with Gasteiger partial charge in [-0.3, -0.25) is 14.3 Å². The van der Waals surface area contributed by atoms with Gasteiger partial charge < -0.3 is 10.0 Å². The van der Waals surface area contributed by atoms with Gasteiger partial charge in [-0.2, -0.15) is 5.10 Å². The predicted octanol–water partition coefficient (Wildman–Crippen LogP) is 2.54. The third kappa shape index (κ3) is 3.40. The summed E-state index contributed by atoms with van der Waals surface area (Å²) in [5, 5.41) is 13.7. The summed E-state index contributed by atoms with van der Waals surface area (Å²) < 4.78 is 14.8. The van der Waals surface area contributed by atoms with E-state index in [9.17, 15) is 19.1 Å². The summed E-state index contributed by atoms with van der Waals surface area (Å²) in [4.78, 5) is 25.9. The number of carboxylic acids is 1. The Morgan fingerprint density at radius 2 is 1.92 bits per heavy atom. The van der Waals surface area contributed by atoms with E-state index in [-0.39, 0.29) is 36.8 Å². The van der Waals surface area contributed by atoms with E-state index >= 15 is 0 Å². The van der Waals surface area contributed by atoms with Crippen molar-refractivity contribution in [2.45, 2.75) is 25.8 Å². The number of aromatic nitrogens is 2. The molecule has 1 aliphatic rings. The average molecular weight is 345 g/mol. The van der Waals surface area contributed by atoms with Crippen LogP contribution >= 0.6 is 0 Å². The quantitative estimate of drug-likeness (QED) is 0.924. The lowest BCUT2D eigenvalue weighted by Gasteiger charge is -2.16. The molecule has 25 heavy (non-hydrogen) atoms. The van der Waals surface area contributed by atoms with Gasteiger partial charge in [0.25, 0.3) is 5.91 Å². The van der Waals surface area contributed by atoms with Gasteiger partial charge in [0.15, 0.2) is 0 Å². The van der Waals surface area contributed by atoms with Crippen LogP contribution in [0, 0.1) is 11.7 Å². The number of hydrogen-bond acceptors (Lipinski definition) is 3. The van der Waals surface area contributed by atoms with Gasteiger partial charge in [0.1, 0.15) is 5.82 Å². The van der Waals surface area contributed by atoms with Crippen LogP contribution in [0.3, 0.4) is 0 Å². The standard InChI is InChI=1S/C18H20FN3O3/c1-11(2)22-8-13(7-20-22)17(23)21-9-15(16(10-21)18(24)25)12-3-5-14(19)6-4-12/h3-8,11,15-16H,9-10H2,1-2H3,(H,24,25)/t15-,16+/m1/s1. The second-order valence-electron chi connectivity index (χ2n) is 6.62. The van der Waals surface area contributed by atoms with Gasteiger partial charge >= 0.3 is 5.97 Å². The summed E-state index contributed by atoms with van der Waals surface area (Å²) in [5.74, 6) is -2.63.